The van der Waals surface area contributed by atoms with E-state index < -0.39 is 17.5 Å². The summed E-state index contributed by atoms with van der Waals surface area (Å²) in [6.45, 7) is 2.75. The Kier molecular flexibility index (Phi) is 4.06. The summed E-state index contributed by atoms with van der Waals surface area (Å²) in [5, 5.41) is 2.66. The smallest absolute Gasteiger partial charge is 0.251 e. The van der Waals surface area contributed by atoms with E-state index in [2.05, 4.69) is 10.3 Å². The molecule has 4 nitrogen and oxygen atoms in total. The van der Waals surface area contributed by atoms with Gasteiger partial charge in [-0.2, -0.15) is 0 Å². The van der Waals surface area contributed by atoms with Crippen LogP contribution in [0.25, 0.3) is 11.0 Å². The summed E-state index contributed by atoms with van der Waals surface area (Å²) < 4.78 is 28.2. The Hall–Kier alpha value is -2.76. The van der Waals surface area contributed by atoms with Gasteiger partial charge in [-0.05, 0) is 31.2 Å². The molecule has 6 heteroatoms. The first-order valence-electron chi connectivity index (χ1n) is 7.21. The van der Waals surface area contributed by atoms with Crippen molar-refractivity contribution in [3.63, 3.8) is 0 Å². The van der Waals surface area contributed by atoms with Gasteiger partial charge in [-0.3, -0.25) is 4.79 Å². The van der Waals surface area contributed by atoms with Crippen LogP contribution in [-0.2, 0) is 6.54 Å². The van der Waals surface area contributed by atoms with Crippen molar-refractivity contribution >= 4 is 16.9 Å². The summed E-state index contributed by atoms with van der Waals surface area (Å²) in [6, 6.07) is 10.5. The van der Waals surface area contributed by atoms with Gasteiger partial charge in [0, 0.05) is 24.7 Å². The average Bonchev–Trinajstić information content (AvgIpc) is 2.82. The number of hydrogen-bond donors (Lipinski definition) is 1. The van der Waals surface area contributed by atoms with Gasteiger partial charge in [0.1, 0.15) is 17.5 Å². The molecule has 1 aromatic heterocycles. The largest absolute Gasteiger partial charge is 0.350 e. The molecule has 1 heterocycles. The van der Waals surface area contributed by atoms with Gasteiger partial charge in [0.2, 0.25) is 0 Å². The lowest BCUT2D eigenvalue weighted by Gasteiger charge is -2.09. The third-order valence-corrected chi connectivity index (χ3v) is 3.59. The molecule has 0 saturated heterocycles. The number of carbonyl (C=O) groups excluding carboxylic acids is 1. The first-order chi connectivity index (χ1) is 11.0. The summed E-state index contributed by atoms with van der Waals surface area (Å²) in [4.78, 5) is 16.4. The standard InChI is InChI=1S/C17H15F2N3O/c1-11-21-15-4-2-3-5-16(15)22(11)7-6-20-17(23)12-8-13(18)10-14(19)9-12/h2-5,8-10H,6-7H2,1H3,(H,20,23). The zero-order valence-electron chi connectivity index (χ0n) is 12.5. The van der Waals surface area contributed by atoms with Crippen molar-refractivity contribution in [3.05, 3.63) is 65.5 Å². The summed E-state index contributed by atoms with van der Waals surface area (Å²) in [5.41, 5.74) is 1.84. The lowest BCUT2D eigenvalue weighted by molar-refractivity contribution is 0.0951. The van der Waals surface area contributed by atoms with Crippen molar-refractivity contribution in [3.8, 4) is 0 Å². The van der Waals surface area contributed by atoms with Crippen LogP contribution < -0.4 is 5.32 Å². The first kappa shape index (κ1) is 15.1. The second-order valence-corrected chi connectivity index (χ2v) is 5.21. The fourth-order valence-corrected chi connectivity index (χ4v) is 2.55. The molecule has 0 radical (unpaired) electrons. The van der Waals surface area contributed by atoms with Crippen molar-refractivity contribution in [2.75, 3.05) is 6.54 Å². The van der Waals surface area contributed by atoms with Crippen LogP contribution in [0.2, 0.25) is 0 Å². The average molecular weight is 315 g/mol. The molecule has 1 amide bonds. The van der Waals surface area contributed by atoms with E-state index in [-0.39, 0.29) is 5.56 Å². The number of para-hydroxylation sites is 2. The maximum atomic E-state index is 13.1. The predicted molar refractivity (Wildman–Crippen MR) is 83.2 cm³/mol. The zero-order valence-corrected chi connectivity index (χ0v) is 12.5. The molecule has 0 spiro atoms. The topological polar surface area (TPSA) is 46.9 Å². The Morgan fingerprint density at radius 3 is 2.61 bits per heavy atom. The molecule has 3 aromatic rings. The number of imidazole rings is 1. The van der Waals surface area contributed by atoms with Gasteiger partial charge in [-0.25, -0.2) is 13.8 Å². The van der Waals surface area contributed by atoms with Crippen LogP contribution in [0.15, 0.2) is 42.5 Å². The van der Waals surface area contributed by atoms with Crippen LogP contribution >= 0.6 is 0 Å². The van der Waals surface area contributed by atoms with Gasteiger partial charge < -0.3 is 9.88 Å². The molecular weight excluding hydrogens is 300 g/mol. The monoisotopic (exact) mass is 315 g/mol. The minimum Gasteiger partial charge on any atom is -0.350 e. The van der Waals surface area contributed by atoms with Gasteiger partial charge in [0.05, 0.1) is 11.0 Å². The van der Waals surface area contributed by atoms with Crippen LogP contribution in [0.4, 0.5) is 8.78 Å². The molecule has 3 rings (SSSR count). The highest BCUT2D eigenvalue weighted by atomic mass is 19.1. The number of nitrogens with one attached hydrogen (secondary N) is 1. The molecule has 1 N–H and O–H groups in total. The maximum absolute atomic E-state index is 13.1. The van der Waals surface area contributed by atoms with Gasteiger partial charge in [0.25, 0.3) is 5.91 Å². The normalized spacial score (nSPS) is 10.9. The van der Waals surface area contributed by atoms with E-state index >= 15 is 0 Å². The second kappa shape index (κ2) is 6.16. The fraction of sp³-hybridized carbons (Fsp3) is 0.176. The van der Waals surface area contributed by atoms with Crippen molar-refractivity contribution in [2.45, 2.75) is 13.5 Å². The Balaban J connectivity index is 1.69. The molecule has 23 heavy (non-hydrogen) atoms. The molecule has 0 fully saturated rings. The summed E-state index contributed by atoms with van der Waals surface area (Å²) in [5.74, 6) is -1.21. The molecule has 0 saturated carbocycles. The molecule has 118 valence electrons. The highest BCUT2D eigenvalue weighted by molar-refractivity contribution is 5.94. The van der Waals surface area contributed by atoms with E-state index in [4.69, 9.17) is 0 Å². The summed E-state index contributed by atoms with van der Waals surface area (Å²) >= 11 is 0. The Morgan fingerprint density at radius 2 is 1.87 bits per heavy atom. The van der Waals surface area contributed by atoms with Crippen molar-refractivity contribution in [1.82, 2.24) is 14.9 Å². The summed E-state index contributed by atoms with van der Waals surface area (Å²) in [6.07, 6.45) is 0. The van der Waals surface area contributed by atoms with Crippen LogP contribution in [-0.4, -0.2) is 22.0 Å². The van der Waals surface area contributed by atoms with E-state index in [0.29, 0.717) is 13.1 Å². The van der Waals surface area contributed by atoms with Gasteiger partial charge in [-0.15, -0.1) is 0 Å². The van der Waals surface area contributed by atoms with E-state index in [1.807, 2.05) is 35.8 Å². The number of halogens is 2. The Morgan fingerprint density at radius 1 is 1.17 bits per heavy atom. The number of aromatic nitrogens is 2. The SMILES string of the molecule is Cc1nc2ccccc2n1CCNC(=O)c1cc(F)cc(F)c1. The Bertz CT molecular complexity index is 853. The zero-order chi connectivity index (χ0) is 16.4. The minimum absolute atomic E-state index is 0.0327. The van der Waals surface area contributed by atoms with Gasteiger partial charge >= 0.3 is 0 Å². The van der Waals surface area contributed by atoms with Gasteiger partial charge in [0.15, 0.2) is 0 Å². The third kappa shape index (κ3) is 3.21. The maximum Gasteiger partial charge on any atom is 0.251 e. The van der Waals surface area contributed by atoms with Crippen molar-refractivity contribution < 1.29 is 13.6 Å². The molecule has 0 aliphatic carbocycles. The highest BCUT2D eigenvalue weighted by Gasteiger charge is 2.10. The van der Waals surface area contributed by atoms with Crippen LogP contribution in [0.1, 0.15) is 16.2 Å². The number of aryl methyl sites for hydroxylation is 1. The lowest BCUT2D eigenvalue weighted by Crippen LogP contribution is -2.27. The van der Waals surface area contributed by atoms with Crippen LogP contribution in [0.5, 0.6) is 0 Å². The van der Waals surface area contributed by atoms with Crippen LogP contribution in [0, 0.1) is 18.6 Å². The fourth-order valence-electron chi connectivity index (χ4n) is 2.55. The second-order valence-electron chi connectivity index (χ2n) is 5.21. The van der Waals surface area contributed by atoms with Crippen molar-refractivity contribution in [2.24, 2.45) is 0 Å². The quantitative estimate of drug-likeness (QED) is 0.804. The van der Waals surface area contributed by atoms with E-state index in [0.717, 1.165) is 35.1 Å². The predicted octanol–water partition coefficient (Wildman–Crippen LogP) is 3.05. The number of nitrogens with zero attached hydrogens (tertiary/aromatic N) is 2. The minimum atomic E-state index is -0.772. The summed E-state index contributed by atoms with van der Waals surface area (Å²) in [7, 11) is 0. The number of amides is 1. The number of carbonyl (C=O) groups is 1. The molecular formula is C17H15F2N3O. The number of benzene rings is 2. The van der Waals surface area contributed by atoms with E-state index in [9.17, 15) is 13.6 Å². The molecule has 0 unspecified atom stereocenters. The molecule has 0 aliphatic heterocycles. The molecule has 2 aromatic carbocycles. The number of rotatable bonds is 4. The number of hydrogen-bond acceptors (Lipinski definition) is 2. The first-order valence-corrected chi connectivity index (χ1v) is 7.21. The van der Waals surface area contributed by atoms with Crippen LogP contribution in [0.3, 0.4) is 0 Å². The molecule has 0 aliphatic rings. The highest BCUT2D eigenvalue weighted by Crippen LogP contribution is 2.15. The van der Waals surface area contributed by atoms with Crippen molar-refractivity contribution in [1.29, 1.82) is 0 Å². The number of fused-ring (bicyclic) bond motifs is 1. The molecule has 0 bridgehead atoms. The van der Waals surface area contributed by atoms with E-state index in [1.165, 1.54) is 0 Å². The van der Waals surface area contributed by atoms with E-state index in [1.54, 1.807) is 0 Å². The van der Waals surface area contributed by atoms with Gasteiger partial charge in [-0.1, -0.05) is 12.1 Å². The molecule has 0 atom stereocenters. The Labute approximate surface area is 131 Å². The third-order valence-electron chi connectivity index (χ3n) is 3.59. The lowest BCUT2D eigenvalue weighted by atomic mass is 10.2.